The second kappa shape index (κ2) is 5.26. The molecule has 4 heteroatoms. The van der Waals surface area contributed by atoms with Gasteiger partial charge in [0.1, 0.15) is 0 Å². The van der Waals surface area contributed by atoms with Crippen molar-refractivity contribution in [3.8, 4) is 0 Å². The Balaban J connectivity index is 2.61. The second-order valence-corrected chi connectivity index (χ2v) is 4.39. The van der Waals surface area contributed by atoms with Gasteiger partial charge in [0.15, 0.2) is 0 Å². The van der Waals surface area contributed by atoms with E-state index in [2.05, 4.69) is 19.2 Å². The smallest absolute Gasteiger partial charge is 0.229 e. The van der Waals surface area contributed by atoms with Gasteiger partial charge >= 0.3 is 0 Å². The zero-order valence-corrected chi connectivity index (χ0v) is 9.75. The van der Waals surface area contributed by atoms with Gasteiger partial charge in [0.05, 0.1) is 0 Å². The van der Waals surface area contributed by atoms with Crippen LogP contribution in [0.4, 0.5) is 0 Å². The predicted molar refractivity (Wildman–Crippen MR) is 58.3 cm³/mol. The number of piperidine rings is 1. The number of carbonyl (C=O) groups is 2. The van der Waals surface area contributed by atoms with Crippen molar-refractivity contribution in [2.24, 2.45) is 5.92 Å². The van der Waals surface area contributed by atoms with Crippen molar-refractivity contribution in [1.29, 1.82) is 0 Å². The van der Waals surface area contributed by atoms with Crippen LogP contribution in [0.1, 0.15) is 33.1 Å². The summed E-state index contributed by atoms with van der Waals surface area (Å²) in [6.07, 6.45) is 1.74. The Hall–Kier alpha value is -0.900. The average Bonchev–Trinajstić information content (AvgIpc) is 2.17. The van der Waals surface area contributed by atoms with Crippen LogP contribution in [0.25, 0.3) is 0 Å². The maximum Gasteiger partial charge on any atom is 0.229 e. The summed E-state index contributed by atoms with van der Waals surface area (Å²) in [5.41, 5.74) is 0. The lowest BCUT2D eigenvalue weighted by molar-refractivity contribution is -0.148. The van der Waals surface area contributed by atoms with Gasteiger partial charge in [0, 0.05) is 25.4 Å². The van der Waals surface area contributed by atoms with Crippen molar-refractivity contribution in [3.63, 3.8) is 0 Å². The minimum absolute atomic E-state index is 0.0212. The molecule has 1 heterocycles. The minimum atomic E-state index is -0.0212. The highest BCUT2D eigenvalue weighted by Crippen LogP contribution is 2.14. The molecule has 1 unspecified atom stereocenters. The summed E-state index contributed by atoms with van der Waals surface area (Å²) in [5.74, 6) is 0.372. The number of imide groups is 1. The van der Waals surface area contributed by atoms with E-state index < -0.39 is 0 Å². The molecule has 0 saturated carbocycles. The maximum absolute atomic E-state index is 11.6. The molecule has 86 valence electrons. The summed E-state index contributed by atoms with van der Waals surface area (Å²) in [6.45, 7) is 4.67. The third-order valence-corrected chi connectivity index (χ3v) is 2.94. The van der Waals surface area contributed by atoms with Crippen LogP contribution in [0.15, 0.2) is 0 Å². The molecule has 4 nitrogen and oxygen atoms in total. The standard InChI is InChI=1S/C11H20N2O2/c1-8(2)9(12-3)7-13-10(14)5-4-6-11(13)15/h8-9,12H,4-7H2,1-3H3. The molecule has 1 aliphatic rings. The molecule has 0 aromatic carbocycles. The molecule has 0 aromatic heterocycles. The van der Waals surface area contributed by atoms with Gasteiger partial charge in [-0.15, -0.1) is 0 Å². The summed E-state index contributed by atoms with van der Waals surface area (Å²) in [4.78, 5) is 24.5. The topological polar surface area (TPSA) is 49.4 Å². The van der Waals surface area contributed by atoms with E-state index in [1.165, 1.54) is 4.90 Å². The Labute approximate surface area is 91.0 Å². The highest BCUT2D eigenvalue weighted by Gasteiger charge is 2.28. The quantitative estimate of drug-likeness (QED) is 0.700. The molecule has 0 radical (unpaired) electrons. The van der Waals surface area contributed by atoms with Crippen molar-refractivity contribution < 1.29 is 9.59 Å². The van der Waals surface area contributed by atoms with E-state index in [0.717, 1.165) is 0 Å². The fourth-order valence-electron chi connectivity index (χ4n) is 1.84. The summed E-state index contributed by atoms with van der Waals surface area (Å²) < 4.78 is 0. The number of likely N-dealkylation sites (tertiary alicyclic amines) is 1. The van der Waals surface area contributed by atoms with Crippen LogP contribution in [0.3, 0.4) is 0 Å². The molecule has 1 atom stereocenters. The third kappa shape index (κ3) is 3.02. The number of hydrogen-bond acceptors (Lipinski definition) is 3. The predicted octanol–water partition coefficient (Wildman–Crippen LogP) is 0.769. The molecule has 1 N–H and O–H groups in total. The summed E-state index contributed by atoms with van der Waals surface area (Å²) in [6, 6.07) is 0.191. The third-order valence-electron chi connectivity index (χ3n) is 2.94. The monoisotopic (exact) mass is 212 g/mol. The molecular weight excluding hydrogens is 192 g/mol. The fraction of sp³-hybridized carbons (Fsp3) is 0.818. The Morgan fingerprint density at radius 1 is 1.27 bits per heavy atom. The van der Waals surface area contributed by atoms with Gasteiger partial charge < -0.3 is 5.32 Å². The largest absolute Gasteiger partial charge is 0.315 e. The first kappa shape index (κ1) is 12.2. The molecule has 1 rings (SSSR count). The number of likely N-dealkylation sites (N-methyl/N-ethyl adjacent to an activating group) is 1. The molecular formula is C11H20N2O2. The van der Waals surface area contributed by atoms with Crippen LogP contribution >= 0.6 is 0 Å². The van der Waals surface area contributed by atoms with Crippen molar-refractivity contribution >= 4 is 11.8 Å². The first-order valence-electron chi connectivity index (χ1n) is 5.56. The lowest BCUT2D eigenvalue weighted by Crippen LogP contribution is -2.49. The summed E-state index contributed by atoms with van der Waals surface area (Å²) >= 11 is 0. The lowest BCUT2D eigenvalue weighted by atomic mass is 10.0. The van der Waals surface area contributed by atoms with E-state index in [-0.39, 0.29) is 17.9 Å². The van der Waals surface area contributed by atoms with Crippen molar-refractivity contribution in [3.05, 3.63) is 0 Å². The first-order chi connectivity index (χ1) is 7.06. The van der Waals surface area contributed by atoms with Crippen molar-refractivity contribution in [1.82, 2.24) is 10.2 Å². The first-order valence-corrected chi connectivity index (χ1v) is 5.56. The van der Waals surface area contributed by atoms with E-state index in [1.54, 1.807) is 0 Å². The Morgan fingerprint density at radius 3 is 2.20 bits per heavy atom. The van der Waals surface area contributed by atoms with E-state index in [1.807, 2.05) is 7.05 Å². The molecule has 1 fully saturated rings. The van der Waals surface area contributed by atoms with Gasteiger partial charge in [0.2, 0.25) is 11.8 Å². The van der Waals surface area contributed by atoms with E-state index in [0.29, 0.717) is 31.7 Å². The SMILES string of the molecule is CNC(CN1C(=O)CCCC1=O)C(C)C. The average molecular weight is 212 g/mol. The van der Waals surface area contributed by atoms with Crippen LogP contribution in [0.2, 0.25) is 0 Å². The van der Waals surface area contributed by atoms with E-state index in [9.17, 15) is 9.59 Å². The lowest BCUT2D eigenvalue weighted by Gasteiger charge is -2.30. The number of amides is 2. The molecule has 2 amide bonds. The number of nitrogens with one attached hydrogen (secondary N) is 1. The van der Waals surface area contributed by atoms with Crippen molar-refractivity contribution in [2.75, 3.05) is 13.6 Å². The minimum Gasteiger partial charge on any atom is -0.315 e. The molecule has 0 spiro atoms. The number of rotatable bonds is 4. The molecule has 0 aromatic rings. The zero-order valence-electron chi connectivity index (χ0n) is 9.75. The molecule has 0 aliphatic carbocycles. The fourth-order valence-corrected chi connectivity index (χ4v) is 1.84. The highest BCUT2D eigenvalue weighted by molar-refractivity contribution is 5.97. The van der Waals surface area contributed by atoms with Crippen LogP contribution in [-0.4, -0.2) is 36.3 Å². The number of carbonyl (C=O) groups excluding carboxylic acids is 2. The molecule has 1 aliphatic heterocycles. The van der Waals surface area contributed by atoms with Gasteiger partial charge in [0.25, 0.3) is 0 Å². The van der Waals surface area contributed by atoms with Gasteiger partial charge in [-0.1, -0.05) is 13.8 Å². The highest BCUT2D eigenvalue weighted by atomic mass is 16.2. The van der Waals surface area contributed by atoms with Gasteiger partial charge in [-0.05, 0) is 19.4 Å². The Bertz CT molecular complexity index is 235. The van der Waals surface area contributed by atoms with Gasteiger partial charge in [-0.25, -0.2) is 0 Å². The molecule has 0 bridgehead atoms. The van der Waals surface area contributed by atoms with E-state index in [4.69, 9.17) is 0 Å². The zero-order chi connectivity index (χ0) is 11.4. The van der Waals surface area contributed by atoms with Crippen LogP contribution in [-0.2, 0) is 9.59 Å². The van der Waals surface area contributed by atoms with E-state index >= 15 is 0 Å². The Morgan fingerprint density at radius 2 is 1.80 bits per heavy atom. The van der Waals surface area contributed by atoms with Crippen LogP contribution in [0, 0.1) is 5.92 Å². The normalized spacial score (nSPS) is 19.9. The Kier molecular flexibility index (Phi) is 4.27. The number of nitrogens with zero attached hydrogens (tertiary/aromatic N) is 1. The van der Waals surface area contributed by atoms with Crippen LogP contribution in [0.5, 0.6) is 0 Å². The van der Waals surface area contributed by atoms with Gasteiger partial charge in [-0.3, -0.25) is 14.5 Å². The maximum atomic E-state index is 11.6. The van der Waals surface area contributed by atoms with Crippen molar-refractivity contribution in [2.45, 2.75) is 39.2 Å². The van der Waals surface area contributed by atoms with Crippen LogP contribution < -0.4 is 5.32 Å². The van der Waals surface area contributed by atoms with Gasteiger partial charge in [-0.2, -0.15) is 0 Å². The molecule has 1 saturated heterocycles. The molecule has 15 heavy (non-hydrogen) atoms. The second-order valence-electron chi connectivity index (χ2n) is 4.39. The number of hydrogen-bond donors (Lipinski definition) is 1. The summed E-state index contributed by atoms with van der Waals surface area (Å²) in [5, 5.41) is 3.14. The summed E-state index contributed by atoms with van der Waals surface area (Å²) in [7, 11) is 1.86.